The average molecular weight is 782 g/mol. The maximum atomic E-state index is 2.57. The van der Waals surface area contributed by atoms with E-state index < -0.39 is 0 Å². The minimum absolute atomic E-state index is 0.567. The molecule has 0 atom stereocenters. The number of fused-ring (bicyclic) bond motifs is 4. The van der Waals surface area contributed by atoms with Gasteiger partial charge in [0.05, 0.1) is 17.1 Å². The van der Waals surface area contributed by atoms with Crippen LogP contribution in [0.15, 0.2) is 218 Å². The molecule has 1 aliphatic carbocycles. The van der Waals surface area contributed by atoms with E-state index in [1.54, 1.807) is 0 Å². The molecule has 1 saturated carbocycles. The Hall–Kier alpha value is -7.22. The van der Waals surface area contributed by atoms with Crippen molar-refractivity contribution >= 4 is 49.4 Å². The molecule has 0 spiro atoms. The van der Waals surface area contributed by atoms with Crippen LogP contribution in [0.1, 0.15) is 43.6 Å². The van der Waals surface area contributed by atoms with Crippen LogP contribution in [0.3, 0.4) is 0 Å². The highest BCUT2D eigenvalue weighted by Gasteiger charge is 2.27. The van der Waals surface area contributed by atoms with Crippen molar-refractivity contribution in [3.8, 4) is 44.5 Å². The van der Waals surface area contributed by atoms with Gasteiger partial charge in [0.15, 0.2) is 0 Å². The van der Waals surface area contributed by atoms with Gasteiger partial charge in [-0.3, -0.25) is 0 Å². The predicted octanol–water partition coefficient (Wildman–Crippen LogP) is 17.3. The van der Waals surface area contributed by atoms with Crippen LogP contribution in [0.5, 0.6) is 0 Å². The first-order valence-electron chi connectivity index (χ1n) is 22.0. The molecule has 0 heterocycles. The third-order valence-electron chi connectivity index (χ3n) is 13.1. The van der Waals surface area contributed by atoms with Gasteiger partial charge in [0.1, 0.15) is 0 Å². The van der Waals surface area contributed by atoms with Crippen molar-refractivity contribution in [1.82, 2.24) is 0 Å². The lowest BCUT2D eigenvalue weighted by Crippen LogP contribution is -2.14. The summed E-state index contributed by atoms with van der Waals surface area (Å²) in [6, 6.07) is 81.0. The Balaban J connectivity index is 1.23. The number of hydrogen-bond acceptors (Lipinski definition) is 1. The highest BCUT2D eigenvalue weighted by Crippen LogP contribution is 2.52. The van der Waals surface area contributed by atoms with E-state index in [1.807, 2.05) is 0 Å². The smallest absolute Gasteiger partial charge is 0.0546 e. The van der Waals surface area contributed by atoms with Crippen LogP contribution in [0.2, 0.25) is 0 Å². The molecule has 0 aliphatic heterocycles. The van der Waals surface area contributed by atoms with Gasteiger partial charge in [-0.05, 0) is 103 Å². The Morgan fingerprint density at radius 2 is 0.836 bits per heavy atom. The van der Waals surface area contributed by atoms with Gasteiger partial charge in [-0.25, -0.2) is 0 Å². The van der Waals surface area contributed by atoms with Gasteiger partial charge in [-0.1, -0.05) is 219 Å². The third-order valence-corrected chi connectivity index (χ3v) is 13.1. The number of rotatable bonds is 8. The molecule has 10 aromatic carbocycles. The standard InChI is InChI=1S/C60H47N/c1-4-20-42(21-5-1)48-32-16-27-45-28-17-36-55(59(45)48)54-31-13-15-38-57(54)61(58-39-19-33-49(43-22-6-2-7-23-43)60(58)46-25-8-3-9-26-46)56-37-14-12-30-53(56)51-35-18-34-50-47-29-11-10-24-44(47)40-41-52(50)51/h2-3,6-19,22-42H,1,4-5,20-21H2. The monoisotopic (exact) mass is 781 g/mol. The molecule has 0 unspecified atom stereocenters. The maximum Gasteiger partial charge on any atom is 0.0546 e. The first kappa shape index (κ1) is 36.8. The quantitative estimate of drug-likeness (QED) is 0.139. The summed E-state index contributed by atoms with van der Waals surface area (Å²) in [5, 5.41) is 7.73. The molecule has 0 aromatic heterocycles. The minimum Gasteiger partial charge on any atom is -0.309 e. The molecule has 292 valence electrons. The molecule has 10 aromatic rings. The van der Waals surface area contributed by atoms with Crippen LogP contribution in [0.4, 0.5) is 17.1 Å². The van der Waals surface area contributed by atoms with E-state index in [1.165, 1.54) is 114 Å². The Morgan fingerprint density at radius 1 is 0.311 bits per heavy atom. The van der Waals surface area contributed by atoms with E-state index in [9.17, 15) is 0 Å². The summed E-state index contributed by atoms with van der Waals surface area (Å²) < 4.78 is 0. The van der Waals surface area contributed by atoms with Gasteiger partial charge in [0, 0.05) is 16.7 Å². The summed E-state index contributed by atoms with van der Waals surface area (Å²) in [6.45, 7) is 0. The maximum absolute atomic E-state index is 2.57. The molecule has 11 rings (SSSR count). The van der Waals surface area contributed by atoms with E-state index in [2.05, 4.69) is 223 Å². The van der Waals surface area contributed by atoms with Crippen molar-refractivity contribution in [3.63, 3.8) is 0 Å². The fourth-order valence-electron chi connectivity index (χ4n) is 10.3. The zero-order chi connectivity index (χ0) is 40.5. The van der Waals surface area contributed by atoms with Crippen molar-refractivity contribution < 1.29 is 0 Å². The number of benzene rings is 10. The Morgan fingerprint density at radius 3 is 1.61 bits per heavy atom. The molecule has 1 aliphatic rings. The van der Waals surface area contributed by atoms with Crippen LogP contribution in [-0.4, -0.2) is 0 Å². The summed E-state index contributed by atoms with van der Waals surface area (Å²) in [6.07, 6.45) is 6.44. The summed E-state index contributed by atoms with van der Waals surface area (Å²) in [5.74, 6) is 0.567. The summed E-state index contributed by atoms with van der Waals surface area (Å²) in [5.41, 5.74) is 14.6. The average Bonchev–Trinajstić information content (AvgIpc) is 3.34. The normalized spacial score (nSPS) is 13.2. The van der Waals surface area contributed by atoms with Crippen molar-refractivity contribution in [2.75, 3.05) is 4.90 Å². The summed E-state index contributed by atoms with van der Waals surface area (Å²) >= 11 is 0. The van der Waals surface area contributed by atoms with Crippen LogP contribution >= 0.6 is 0 Å². The lowest BCUT2D eigenvalue weighted by Gasteiger charge is -2.33. The molecule has 0 N–H and O–H groups in total. The zero-order valence-corrected chi connectivity index (χ0v) is 34.3. The van der Waals surface area contributed by atoms with Crippen LogP contribution in [0.25, 0.3) is 76.8 Å². The van der Waals surface area contributed by atoms with E-state index in [0.717, 1.165) is 17.1 Å². The molecule has 1 heteroatoms. The van der Waals surface area contributed by atoms with Crippen LogP contribution in [0, 0.1) is 0 Å². The second-order valence-corrected chi connectivity index (χ2v) is 16.6. The van der Waals surface area contributed by atoms with E-state index in [0.29, 0.717) is 5.92 Å². The summed E-state index contributed by atoms with van der Waals surface area (Å²) in [7, 11) is 0. The van der Waals surface area contributed by atoms with Gasteiger partial charge in [0.2, 0.25) is 0 Å². The first-order valence-corrected chi connectivity index (χ1v) is 22.0. The minimum atomic E-state index is 0.567. The zero-order valence-electron chi connectivity index (χ0n) is 34.3. The first-order chi connectivity index (χ1) is 30.3. The second kappa shape index (κ2) is 16.1. The van der Waals surface area contributed by atoms with Gasteiger partial charge in [0.25, 0.3) is 0 Å². The lowest BCUT2D eigenvalue weighted by molar-refractivity contribution is 0.445. The Labute approximate surface area is 359 Å². The molecule has 0 bridgehead atoms. The largest absolute Gasteiger partial charge is 0.309 e. The number of para-hydroxylation sites is 2. The topological polar surface area (TPSA) is 3.24 Å². The van der Waals surface area contributed by atoms with Gasteiger partial charge in [-0.2, -0.15) is 0 Å². The van der Waals surface area contributed by atoms with E-state index in [-0.39, 0.29) is 0 Å². The molecular formula is C60H47N. The van der Waals surface area contributed by atoms with Crippen molar-refractivity contribution in [1.29, 1.82) is 0 Å². The van der Waals surface area contributed by atoms with Crippen molar-refractivity contribution in [3.05, 3.63) is 224 Å². The second-order valence-electron chi connectivity index (χ2n) is 16.6. The number of anilines is 3. The Kier molecular flexibility index (Phi) is 9.71. The fourth-order valence-corrected chi connectivity index (χ4v) is 10.3. The highest BCUT2D eigenvalue weighted by molar-refractivity contribution is 6.14. The molecule has 0 amide bonds. The van der Waals surface area contributed by atoms with Crippen LogP contribution < -0.4 is 4.90 Å². The Bertz CT molecular complexity index is 3170. The van der Waals surface area contributed by atoms with Gasteiger partial charge < -0.3 is 4.90 Å². The molecule has 1 fully saturated rings. The highest BCUT2D eigenvalue weighted by atomic mass is 15.1. The third kappa shape index (κ3) is 6.68. The number of nitrogens with zero attached hydrogens (tertiary/aromatic N) is 1. The molecule has 1 nitrogen and oxygen atoms in total. The van der Waals surface area contributed by atoms with Crippen molar-refractivity contribution in [2.24, 2.45) is 0 Å². The number of hydrogen-bond donors (Lipinski definition) is 0. The van der Waals surface area contributed by atoms with Crippen LogP contribution in [-0.2, 0) is 0 Å². The SMILES string of the molecule is c1ccc(-c2cccc(N(c3ccccc3-c3cccc4c3ccc3ccccc34)c3ccccc3-c3cccc4cccc(C5CCCCC5)c34)c2-c2ccccc2)cc1. The van der Waals surface area contributed by atoms with Gasteiger partial charge >= 0.3 is 0 Å². The lowest BCUT2D eigenvalue weighted by atomic mass is 9.80. The van der Waals surface area contributed by atoms with E-state index >= 15 is 0 Å². The molecule has 0 saturated heterocycles. The summed E-state index contributed by atoms with van der Waals surface area (Å²) in [4.78, 5) is 2.57. The molecule has 61 heavy (non-hydrogen) atoms. The van der Waals surface area contributed by atoms with Crippen molar-refractivity contribution in [2.45, 2.75) is 38.0 Å². The van der Waals surface area contributed by atoms with Gasteiger partial charge in [-0.15, -0.1) is 0 Å². The molecule has 0 radical (unpaired) electrons. The fraction of sp³-hybridized carbons (Fsp3) is 0.100. The molecular weight excluding hydrogens is 735 g/mol. The predicted molar refractivity (Wildman–Crippen MR) is 261 cm³/mol. The van der Waals surface area contributed by atoms with E-state index in [4.69, 9.17) is 0 Å².